The first kappa shape index (κ1) is 12.6. The standard InChI is InChI=1S/C15H11ClN4/c16-14-9-17-10-15(19-14)20-18-8-11-5-6-12-3-1-2-4-13(12)7-11/h1-10H,(H,19,20). The second-order valence-electron chi connectivity index (χ2n) is 4.20. The first-order valence-electron chi connectivity index (χ1n) is 6.07. The maximum Gasteiger partial charge on any atom is 0.166 e. The predicted octanol–water partition coefficient (Wildman–Crippen LogP) is 3.73. The van der Waals surface area contributed by atoms with Crippen molar-refractivity contribution in [3.8, 4) is 0 Å². The van der Waals surface area contributed by atoms with Crippen LogP contribution >= 0.6 is 11.6 Å². The topological polar surface area (TPSA) is 50.2 Å². The molecule has 0 saturated heterocycles. The number of nitrogens with zero attached hydrogens (tertiary/aromatic N) is 3. The van der Waals surface area contributed by atoms with Crippen LogP contribution in [0.4, 0.5) is 5.82 Å². The minimum Gasteiger partial charge on any atom is -0.260 e. The van der Waals surface area contributed by atoms with Gasteiger partial charge in [-0.2, -0.15) is 5.10 Å². The molecule has 0 aliphatic rings. The Kier molecular flexibility index (Phi) is 3.56. The minimum absolute atomic E-state index is 0.330. The number of benzene rings is 2. The Morgan fingerprint density at radius 3 is 2.75 bits per heavy atom. The van der Waals surface area contributed by atoms with Gasteiger partial charge in [0.15, 0.2) is 5.82 Å². The Bertz CT molecular complexity index is 770. The number of hydrazone groups is 1. The molecule has 0 fully saturated rings. The Labute approximate surface area is 121 Å². The van der Waals surface area contributed by atoms with E-state index in [1.165, 1.54) is 17.0 Å². The highest BCUT2D eigenvalue weighted by atomic mass is 35.5. The summed E-state index contributed by atoms with van der Waals surface area (Å²) in [6, 6.07) is 14.3. The van der Waals surface area contributed by atoms with Crippen LogP contribution in [0.25, 0.3) is 10.8 Å². The van der Waals surface area contributed by atoms with Gasteiger partial charge in [0, 0.05) is 0 Å². The third-order valence-electron chi connectivity index (χ3n) is 2.77. The number of rotatable bonds is 3. The SMILES string of the molecule is Clc1cncc(NN=Cc2ccc3ccccc3c2)n1. The lowest BCUT2D eigenvalue weighted by atomic mass is 10.1. The lowest BCUT2D eigenvalue weighted by Crippen LogP contribution is -1.94. The van der Waals surface area contributed by atoms with E-state index in [4.69, 9.17) is 11.6 Å². The summed E-state index contributed by atoms with van der Waals surface area (Å²) in [7, 11) is 0. The number of hydrogen-bond acceptors (Lipinski definition) is 4. The van der Waals surface area contributed by atoms with E-state index in [1.54, 1.807) is 12.4 Å². The van der Waals surface area contributed by atoms with Gasteiger partial charge in [0.1, 0.15) is 5.15 Å². The van der Waals surface area contributed by atoms with E-state index in [0.717, 1.165) is 5.56 Å². The molecule has 0 spiro atoms. The predicted molar refractivity (Wildman–Crippen MR) is 82.2 cm³/mol. The fourth-order valence-electron chi connectivity index (χ4n) is 1.86. The van der Waals surface area contributed by atoms with Gasteiger partial charge in [0.2, 0.25) is 0 Å². The molecule has 3 aromatic rings. The van der Waals surface area contributed by atoms with Crippen LogP contribution in [0.1, 0.15) is 5.56 Å². The van der Waals surface area contributed by atoms with E-state index in [1.807, 2.05) is 18.2 Å². The van der Waals surface area contributed by atoms with Crippen molar-refractivity contribution in [1.82, 2.24) is 9.97 Å². The van der Waals surface area contributed by atoms with Gasteiger partial charge in [-0.1, -0.05) is 48.0 Å². The molecule has 1 N–H and O–H groups in total. The molecule has 0 saturated carbocycles. The van der Waals surface area contributed by atoms with E-state index in [-0.39, 0.29) is 0 Å². The van der Waals surface area contributed by atoms with Crippen LogP contribution in [0.5, 0.6) is 0 Å². The van der Waals surface area contributed by atoms with Crippen LogP contribution in [-0.4, -0.2) is 16.2 Å². The van der Waals surface area contributed by atoms with Gasteiger partial charge in [-0.25, -0.2) is 4.98 Å². The van der Waals surface area contributed by atoms with E-state index >= 15 is 0 Å². The van der Waals surface area contributed by atoms with E-state index in [0.29, 0.717) is 11.0 Å². The molecule has 5 heteroatoms. The van der Waals surface area contributed by atoms with Crippen LogP contribution < -0.4 is 5.43 Å². The molecule has 2 aromatic carbocycles. The molecule has 1 aromatic heterocycles. The van der Waals surface area contributed by atoms with E-state index < -0.39 is 0 Å². The van der Waals surface area contributed by atoms with Crippen molar-refractivity contribution in [2.45, 2.75) is 0 Å². The zero-order valence-electron chi connectivity index (χ0n) is 10.5. The number of hydrogen-bond donors (Lipinski definition) is 1. The Morgan fingerprint density at radius 1 is 1.05 bits per heavy atom. The highest BCUT2D eigenvalue weighted by Crippen LogP contribution is 2.14. The van der Waals surface area contributed by atoms with Gasteiger partial charge in [0.05, 0.1) is 18.6 Å². The summed E-state index contributed by atoms with van der Waals surface area (Å²) in [5.41, 5.74) is 3.80. The number of aromatic nitrogens is 2. The number of anilines is 1. The van der Waals surface area contributed by atoms with Crippen LogP contribution in [0.3, 0.4) is 0 Å². The van der Waals surface area contributed by atoms with E-state index in [2.05, 4.69) is 44.8 Å². The smallest absolute Gasteiger partial charge is 0.166 e. The van der Waals surface area contributed by atoms with Crippen LogP contribution in [0.2, 0.25) is 5.15 Å². The zero-order valence-corrected chi connectivity index (χ0v) is 11.2. The fourth-order valence-corrected chi connectivity index (χ4v) is 2.00. The van der Waals surface area contributed by atoms with Crippen LogP contribution in [-0.2, 0) is 0 Å². The number of halogens is 1. The third-order valence-corrected chi connectivity index (χ3v) is 2.95. The normalized spacial score (nSPS) is 11.1. The largest absolute Gasteiger partial charge is 0.260 e. The number of nitrogens with one attached hydrogen (secondary N) is 1. The van der Waals surface area contributed by atoms with Crippen molar-refractivity contribution in [2.75, 3.05) is 5.43 Å². The fraction of sp³-hybridized carbons (Fsp3) is 0. The van der Waals surface area contributed by atoms with Crippen molar-refractivity contribution in [3.63, 3.8) is 0 Å². The molecule has 4 nitrogen and oxygen atoms in total. The lowest BCUT2D eigenvalue weighted by molar-refractivity contribution is 1.16. The van der Waals surface area contributed by atoms with Gasteiger partial charge >= 0.3 is 0 Å². The molecule has 0 amide bonds. The highest BCUT2D eigenvalue weighted by molar-refractivity contribution is 6.29. The quantitative estimate of drug-likeness (QED) is 0.588. The summed E-state index contributed by atoms with van der Waals surface area (Å²) in [6.07, 6.45) is 4.76. The average molecular weight is 283 g/mol. The molecule has 0 bridgehead atoms. The van der Waals surface area contributed by atoms with Gasteiger partial charge in [-0.05, 0) is 22.4 Å². The van der Waals surface area contributed by atoms with Crippen LogP contribution in [0, 0.1) is 0 Å². The molecule has 0 radical (unpaired) electrons. The first-order valence-corrected chi connectivity index (χ1v) is 6.44. The average Bonchev–Trinajstić information content (AvgIpc) is 2.47. The maximum absolute atomic E-state index is 5.74. The molecule has 0 unspecified atom stereocenters. The molecule has 0 aliphatic carbocycles. The first-order chi connectivity index (χ1) is 9.81. The molecule has 20 heavy (non-hydrogen) atoms. The van der Waals surface area contributed by atoms with Crippen molar-refractivity contribution in [2.24, 2.45) is 5.10 Å². The van der Waals surface area contributed by atoms with Gasteiger partial charge in [0.25, 0.3) is 0 Å². The van der Waals surface area contributed by atoms with Gasteiger partial charge in [-0.15, -0.1) is 0 Å². The Morgan fingerprint density at radius 2 is 1.90 bits per heavy atom. The summed E-state index contributed by atoms with van der Waals surface area (Å²) in [5.74, 6) is 0.509. The van der Waals surface area contributed by atoms with Crippen molar-refractivity contribution in [3.05, 3.63) is 65.6 Å². The minimum atomic E-state index is 0.330. The maximum atomic E-state index is 5.74. The second-order valence-corrected chi connectivity index (χ2v) is 4.59. The van der Waals surface area contributed by atoms with Gasteiger partial charge in [-0.3, -0.25) is 10.4 Å². The summed E-state index contributed by atoms with van der Waals surface area (Å²) >= 11 is 5.74. The zero-order chi connectivity index (χ0) is 13.8. The van der Waals surface area contributed by atoms with Crippen molar-refractivity contribution >= 4 is 34.4 Å². The second kappa shape index (κ2) is 5.67. The lowest BCUT2D eigenvalue weighted by Gasteiger charge is -2.00. The van der Waals surface area contributed by atoms with Crippen molar-refractivity contribution < 1.29 is 0 Å². The third kappa shape index (κ3) is 2.92. The molecule has 98 valence electrons. The summed E-state index contributed by atoms with van der Waals surface area (Å²) in [6.45, 7) is 0. The molecule has 3 rings (SSSR count). The Balaban J connectivity index is 1.77. The van der Waals surface area contributed by atoms with Gasteiger partial charge < -0.3 is 0 Å². The molecule has 0 aliphatic heterocycles. The molecule has 0 atom stereocenters. The highest BCUT2D eigenvalue weighted by Gasteiger charge is 1.95. The molecular formula is C15H11ClN4. The summed E-state index contributed by atoms with van der Waals surface area (Å²) in [5, 5.41) is 6.84. The summed E-state index contributed by atoms with van der Waals surface area (Å²) in [4.78, 5) is 7.95. The Hall–Kier alpha value is -2.46. The number of fused-ring (bicyclic) bond motifs is 1. The summed E-state index contributed by atoms with van der Waals surface area (Å²) < 4.78 is 0. The van der Waals surface area contributed by atoms with Crippen LogP contribution in [0.15, 0.2) is 60.0 Å². The molecule has 1 heterocycles. The van der Waals surface area contributed by atoms with E-state index in [9.17, 15) is 0 Å². The molecular weight excluding hydrogens is 272 g/mol. The monoisotopic (exact) mass is 282 g/mol. The van der Waals surface area contributed by atoms with Crippen molar-refractivity contribution in [1.29, 1.82) is 0 Å².